The Morgan fingerprint density at radius 3 is 3.13 bits per heavy atom. The van der Waals surface area contributed by atoms with Crippen LogP contribution in [-0.4, -0.2) is 34.4 Å². The lowest BCUT2D eigenvalue weighted by Crippen LogP contribution is -2.30. The van der Waals surface area contributed by atoms with E-state index < -0.39 is 0 Å². The molecule has 1 N–H and O–H groups in total. The largest absolute Gasteiger partial charge is 0.379 e. The molecule has 1 heterocycles. The third kappa shape index (κ3) is 2.54. The van der Waals surface area contributed by atoms with Gasteiger partial charge in [-0.15, -0.1) is 5.10 Å². The van der Waals surface area contributed by atoms with Crippen molar-refractivity contribution >= 4 is 17.4 Å². The molecule has 2 atom stereocenters. The highest BCUT2D eigenvalue weighted by Gasteiger charge is 2.27. The topological polar surface area (TPSA) is 59.9 Å². The molecule has 0 saturated heterocycles. The number of methoxy groups -OCH3 is 1. The molecule has 0 aliphatic heterocycles. The van der Waals surface area contributed by atoms with Gasteiger partial charge in [0.05, 0.1) is 18.3 Å². The van der Waals surface area contributed by atoms with Crippen molar-refractivity contribution in [3.05, 3.63) is 11.5 Å². The average Bonchev–Trinajstić information content (AvgIpc) is 2.65. The van der Waals surface area contributed by atoms with Gasteiger partial charge in [0.15, 0.2) is 0 Å². The molecule has 1 aliphatic carbocycles. The minimum atomic E-state index is 0.159. The predicted octanol–water partition coefficient (Wildman–Crippen LogP) is 1.50. The second-order valence-corrected chi connectivity index (χ2v) is 3.90. The van der Waals surface area contributed by atoms with E-state index in [-0.39, 0.29) is 11.4 Å². The molecule has 5 nitrogen and oxygen atoms in total. The van der Waals surface area contributed by atoms with Gasteiger partial charge in [-0.3, -0.25) is 0 Å². The summed E-state index contributed by atoms with van der Waals surface area (Å²) in [6.45, 7) is 0. The van der Waals surface area contributed by atoms with Gasteiger partial charge in [0.25, 0.3) is 0 Å². The van der Waals surface area contributed by atoms with Crippen LogP contribution in [0.25, 0.3) is 0 Å². The zero-order chi connectivity index (χ0) is 10.7. The maximum atomic E-state index is 5.64. The molecule has 0 aromatic carbocycles. The van der Waals surface area contributed by atoms with Gasteiger partial charge in [-0.2, -0.15) is 10.1 Å². The highest BCUT2D eigenvalue weighted by atomic mass is 35.5. The molecule has 1 fully saturated rings. The van der Waals surface area contributed by atoms with E-state index in [0.717, 1.165) is 12.8 Å². The highest BCUT2D eigenvalue weighted by Crippen LogP contribution is 2.24. The smallest absolute Gasteiger partial charge is 0.244 e. The van der Waals surface area contributed by atoms with Gasteiger partial charge in [0.1, 0.15) is 5.82 Å². The summed E-state index contributed by atoms with van der Waals surface area (Å²) in [6.07, 6.45) is 5.15. The van der Waals surface area contributed by atoms with E-state index in [1.807, 2.05) is 0 Å². The van der Waals surface area contributed by atoms with Crippen molar-refractivity contribution in [2.24, 2.45) is 0 Å². The van der Waals surface area contributed by atoms with Gasteiger partial charge in [0, 0.05) is 7.11 Å². The SMILES string of the molecule is COC1CCCC1Nc1cnnc(Cl)n1. The van der Waals surface area contributed by atoms with Crippen LogP contribution in [0.3, 0.4) is 0 Å². The van der Waals surface area contributed by atoms with Crippen molar-refractivity contribution in [3.63, 3.8) is 0 Å². The average molecular weight is 229 g/mol. The van der Waals surface area contributed by atoms with E-state index in [9.17, 15) is 0 Å². The fourth-order valence-electron chi connectivity index (χ4n) is 1.91. The molecule has 2 unspecified atom stereocenters. The van der Waals surface area contributed by atoms with Crippen molar-refractivity contribution < 1.29 is 4.74 Å². The number of rotatable bonds is 3. The maximum Gasteiger partial charge on any atom is 0.244 e. The molecule has 0 bridgehead atoms. The Morgan fingerprint density at radius 1 is 1.53 bits per heavy atom. The van der Waals surface area contributed by atoms with Gasteiger partial charge in [-0.05, 0) is 30.9 Å². The number of ether oxygens (including phenoxy) is 1. The number of nitrogens with zero attached hydrogens (tertiary/aromatic N) is 3. The molecule has 0 radical (unpaired) electrons. The Balaban J connectivity index is 2.02. The third-order valence-corrected chi connectivity index (χ3v) is 2.78. The van der Waals surface area contributed by atoms with Crippen molar-refractivity contribution in [2.75, 3.05) is 12.4 Å². The number of anilines is 1. The molecular formula is C9H13ClN4O. The van der Waals surface area contributed by atoms with Crippen LogP contribution < -0.4 is 5.32 Å². The molecule has 1 saturated carbocycles. The number of hydrogen-bond acceptors (Lipinski definition) is 5. The first-order valence-corrected chi connectivity index (χ1v) is 5.32. The molecule has 0 spiro atoms. The summed E-state index contributed by atoms with van der Waals surface area (Å²) in [5.41, 5.74) is 0. The predicted molar refractivity (Wildman–Crippen MR) is 56.9 cm³/mol. The first-order chi connectivity index (χ1) is 7.29. The van der Waals surface area contributed by atoms with Gasteiger partial charge < -0.3 is 10.1 Å². The fraction of sp³-hybridized carbons (Fsp3) is 0.667. The molecule has 82 valence electrons. The Hall–Kier alpha value is -0.940. The highest BCUT2D eigenvalue weighted by molar-refractivity contribution is 6.28. The van der Waals surface area contributed by atoms with Crippen LogP contribution in [0, 0.1) is 0 Å². The Morgan fingerprint density at radius 2 is 2.40 bits per heavy atom. The summed E-state index contributed by atoms with van der Waals surface area (Å²) in [4.78, 5) is 4.03. The standard InChI is InChI=1S/C9H13ClN4O/c1-15-7-4-2-3-6(7)12-8-5-11-14-9(10)13-8/h5-7H,2-4H2,1H3,(H,12,13,14). The van der Waals surface area contributed by atoms with E-state index >= 15 is 0 Å². The lowest BCUT2D eigenvalue weighted by molar-refractivity contribution is 0.101. The van der Waals surface area contributed by atoms with Crippen molar-refractivity contribution in [3.8, 4) is 0 Å². The number of hydrogen-bond donors (Lipinski definition) is 1. The van der Waals surface area contributed by atoms with Crippen molar-refractivity contribution in [2.45, 2.75) is 31.4 Å². The Bertz CT molecular complexity index is 336. The Labute approximate surface area is 93.2 Å². The van der Waals surface area contributed by atoms with Crippen LogP contribution in [0.1, 0.15) is 19.3 Å². The summed E-state index contributed by atoms with van der Waals surface area (Å²) in [5.74, 6) is 0.656. The second kappa shape index (κ2) is 4.72. The molecule has 6 heteroatoms. The van der Waals surface area contributed by atoms with Crippen molar-refractivity contribution in [1.29, 1.82) is 0 Å². The van der Waals surface area contributed by atoms with E-state index in [1.54, 1.807) is 13.3 Å². The summed E-state index contributed by atoms with van der Waals surface area (Å²) in [6, 6.07) is 0.294. The van der Waals surface area contributed by atoms with Crippen LogP contribution >= 0.6 is 11.6 Å². The van der Waals surface area contributed by atoms with Crippen LogP contribution in [-0.2, 0) is 4.74 Å². The summed E-state index contributed by atoms with van der Waals surface area (Å²) < 4.78 is 5.37. The summed E-state index contributed by atoms with van der Waals surface area (Å²) in [5, 5.41) is 10.7. The second-order valence-electron chi connectivity index (χ2n) is 3.57. The lowest BCUT2D eigenvalue weighted by Gasteiger charge is -2.19. The first-order valence-electron chi connectivity index (χ1n) is 4.94. The third-order valence-electron chi connectivity index (χ3n) is 2.62. The van der Waals surface area contributed by atoms with E-state index in [1.165, 1.54) is 6.42 Å². The molecule has 1 aromatic heterocycles. The van der Waals surface area contributed by atoms with Crippen LogP contribution in [0.2, 0.25) is 5.28 Å². The fourth-order valence-corrected chi connectivity index (χ4v) is 2.05. The lowest BCUT2D eigenvalue weighted by atomic mass is 10.2. The van der Waals surface area contributed by atoms with Gasteiger partial charge in [-0.25, -0.2) is 0 Å². The van der Waals surface area contributed by atoms with Crippen molar-refractivity contribution in [1.82, 2.24) is 15.2 Å². The zero-order valence-corrected chi connectivity index (χ0v) is 9.24. The van der Waals surface area contributed by atoms with Crippen LogP contribution in [0.5, 0.6) is 0 Å². The normalized spacial score (nSPS) is 25.5. The summed E-state index contributed by atoms with van der Waals surface area (Å²) in [7, 11) is 1.73. The minimum absolute atomic E-state index is 0.159. The Kier molecular flexibility index (Phi) is 3.33. The number of halogens is 1. The summed E-state index contributed by atoms with van der Waals surface area (Å²) >= 11 is 5.64. The maximum absolute atomic E-state index is 5.64. The van der Waals surface area contributed by atoms with Crippen LogP contribution in [0.4, 0.5) is 5.82 Å². The number of nitrogens with one attached hydrogen (secondary N) is 1. The molecule has 0 amide bonds. The molecule has 1 aromatic rings. The molecule has 1 aliphatic rings. The van der Waals surface area contributed by atoms with Gasteiger partial charge in [-0.1, -0.05) is 0 Å². The van der Waals surface area contributed by atoms with Gasteiger partial charge in [0.2, 0.25) is 5.28 Å². The quantitative estimate of drug-likeness (QED) is 0.850. The zero-order valence-electron chi connectivity index (χ0n) is 8.48. The minimum Gasteiger partial charge on any atom is -0.379 e. The molecular weight excluding hydrogens is 216 g/mol. The molecule has 2 rings (SSSR count). The van der Waals surface area contributed by atoms with Crippen LogP contribution in [0.15, 0.2) is 6.20 Å². The number of aromatic nitrogens is 3. The monoisotopic (exact) mass is 228 g/mol. The van der Waals surface area contributed by atoms with E-state index in [0.29, 0.717) is 11.9 Å². The molecule has 15 heavy (non-hydrogen) atoms. The van der Waals surface area contributed by atoms with E-state index in [2.05, 4.69) is 20.5 Å². The van der Waals surface area contributed by atoms with E-state index in [4.69, 9.17) is 16.3 Å². The van der Waals surface area contributed by atoms with Gasteiger partial charge >= 0.3 is 0 Å². The first kappa shape index (κ1) is 10.6.